The second kappa shape index (κ2) is 8.32. The Hall–Kier alpha value is -2.11. The van der Waals surface area contributed by atoms with E-state index in [9.17, 15) is 4.79 Å². The molecule has 2 N–H and O–H groups in total. The number of hydrogen-bond acceptors (Lipinski definition) is 4. The van der Waals surface area contributed by atoms with Crippen LogP contribution in [0.2, 0.25) is 5.02 Å². The molecule has 0 unspecified atom stereocenters. The summed E-state index contributed by atoms with van der Waals surface area (Å²) in [6.45, 7) is 1.85. The number of rotatable bonds is 5. The van der Waals surface area contributed by atoms with Crippen LogP contribution in [-0.2, 0) is 22.4 Å². The second-order valence-corrected chi connectivity index (χ2v) is 6.70. The van der Waals surface area contributed by atoms with Gasteiger partial charge in [0.25, 0.3) is 0 Å². The van der Waals surface area contributed by atoms with E-state index in [1.807, 2.05) is 41.3 Å². The minimum absolute atomic E-state index is 0.0531. The van der Waals surface area contributed by atoms with Gasteiger partial charge in [0.2, 0.25) is 5.91 Å². The number of aryl methyl sites for hydroxylation is 1. The van der Waals surface area contributed by atoms with Gasteiger partial charge in [-0.25, -0.2) is 4.98 Å². The fourth-order valence-electron chi connectivity index (χ4n) is 2.99. The molecule has 0 spiro atoms. The zero-order valence-corrected chi connectivity index (χ0v) is 14.8. The van der Waals surface area contributed by atoms with Crippen molar-refractivity contribution in [2.24, 2.45) is 0 Å². The van der Waals surface area contributed by atoms with Gasteiger partial charge in [-0.1, -0.05) is 23.7 Å². The van der Waals surface area contributed by atoms with Gasteiger partial charge in [-0.2, -0.15) is 0 Å². The lowest BCUT2D eigenvalue weighted by atomic mass is 10.1. The molecule has 1 aliphatic rings. The van der Waals surface area contributed by atoms with Crippen LogP contribution >= 0.6 is 11.6 Å². The van der Waals surface area contributed by atoms with Gasteiger partial charge in [-0.3, -0.25) is 4.79 Å². The number of hydrogen-bond donors (Lipinski definition) is 1. The Morgan fingerprint density at radius 2 is 2.08 bits per heavy atom. The van der Waals surface area contributed by atoms with E-state index in [2.05, 4.69) is 4.98 Å². The summed E-state index contributed by atoms with van der Waals surface area (Å²) in [5, 5.41) is 0.680. The second-order valence-electron chi connectivity index (χ2n) is 6.26. The highest BCUT2D eigenvalue weighted by molar-refractivity contribution is 6.30. The maximum atomic E-state index is 12.5. The van der Waals surface area contributed by atoms with Gasteiger partial charge in [0.05, 0.1) is 19.1 Å². The monoisotopic (exact) mass is 359 g/mol. The number of anilines is 1. The van der Waals surface area contributed by atoms with Gasteiger partial charge in [0.15, 0.2) is 0 Å². The number of ether oxygens (including phenoxy) is 1. The molecule has 2 aromatic rings. The number of aromatic nitrogens is 1. The summed E-state index contributed by atoms with van der Waals surface area (Å²) in [5.74, 6) is 0.658. The van der Waals surface area contributed by atoms with E-state index in [1.165, 1.54) is 0 Å². The molecule has 25 heavy (non-hydrogen) atoms. The van der Waals surface area contributed by atoms with Gasteiger partial charge < -0.3 is 15.4 Å². The average Bonchev–Trinajstić information content (AvgIpc) is 2.62. The normalized spacial score (nSPS) is 17.5. The third kappa shape index (κ3) is 5.18. The van der Waals surface area contributed by atoms with E-state index < -0.39 is 0 Å². The summed E-state index contributed by atoms with van der Waals surface area (Å²) in [6.07, 6.45) is 3.88. The largest absolute Gasteiger partial charge is 0.384 e. The predicted octanol–water partition coefficient (Wildman–Crippen LogP) is 2.72. The summed E-state index contributed by atoms with van der Waals surface area (Å²) in [5.41, 5.74) is 7.82. The number of carbonyl (C=O) groups is 1. The summed E-state index contributed by atoms with van der Waals surface area (Å²) in [4.78, 5) is 18.4. The minimum atomic E-state index is 0.0531. The Balaban J connectivity index is 1.51. The molecule has 1 aliphatic heterocycles. The highest BCUT2D eigenvalue weighted by Crippen LogP contribution is 2.16. The van der Waals surface area contributed by atoms with Crippen LogP contribution in [0.25, 0.3) is 0 Å². The SMILES string of the molecule is Nc1cc(CC[C@H]2CN(C(=O)Cc3ccc(Cl)cc3)CCO2)ccn1. The number of nitrogen functional groups attached to an aromatic ring is 1. The molecule has 1 fully saturated rings. The lowest BCUT2D eigenvalue weighted by molar-refractivity contribution is -0.138. The Kier molecular flexibility index (Phi) is 5.89. The summed E-state index contributed by atoms with van der Waals surface area (Å²) >= 11 is 5.89. The first kappa shape index (κ1) is 17.7. The zero-order valence-electron chi connectivity index (χ0n) is 14.0. The number of nitrogens with zero attached hydrogens (tertiary/aromatic N) is 2. The number of nitrogens with two attached hydrogens (primary N) is 1. The van der Waals surface area contributed by atoms with E-state index in [0.29, 0.717) is 37.0 Å². The van der Waals surface area contributed by atoms with Crippen molar-refractivity contribution in [1.29, 1.82) is 0 Å². The lowest BCUT2D eigenvalue weighted by Crippen LogP contribution is -2.46. The van der Waals surface area contributed by atoms with Gasteiger partial charge in [0.1, 0.15) is 5.82 Å². The van der Waals surface area contributed by atoms with Crippen LogP contribution in [0.15, 0.2) is 42.6 Å². The molecule has 0 bridgehead atoms. The summed E-state index contributed by atoms with van der Waals surface area (Å²) in [6, 6.07) is 11.3. The van der Waals surface area contributed by atoms with Gasteiger partial charge in [0, 0.05) is 24.3 Å². The first-order chi connectivity index (χ1) is 12.1. The Labute approximate surface area is 152 Å². The smallest absolute Gasteiger partial charge is 0.227 e. The van der Waals surface area contributed by atoms with Crippen LogP contribution in [0.3, 0.4) is 0 Å². The average molecular weight is 360 g/mol. The molecule has 1 aromatic carbocycles. The van der Waals surface area contributed by atoms with Crippen molar-refractivity contribution < 1.29 is 9.53 Å². The first-order valence-corrected chi connectivity index (χ1v) is 8.82. The fourth-order valence-corrected chi connectivity index (χ4v) is 3.11. The van der Waals surface area contributed by atoms with Crippen molar-refractivity contribution in [3.63, 3.8) is 0 Å². The molecule has 0 saturated carbocycles. The molecule has 1 aromatic heterocycles. The van der Waals surface area contributed by atoms with E-state index >= 15 is 0 Å². The summed E-state index contributed by atoms with van der Waals surface area (Å²) < 4.78 is 5.82. The number of amides is 1. The maximum Gasteiger partial charge on any atom is 0.227 e. The molecule has 1 atom stereocenters. The van der Waals surface area contributed by atoms with Crippen molar-refractivity contribution in [3.05, 3.63) is 58.7 Å². The number of carbonyl (C=O) groups excluding carboxylic acids is 1. The molecule has 0 radical (unpaired) electrons. The topological polar surface area (TPSA) is 68.5 Å². The summed E-state index contributed by atoms with van der Waals surface area (Å²) in [7, 11) is 0. The van der Waals surface area contributed by atoms with Crippen molar-refractivity contribution in [2.75, 3.05) is 25.4 Å². The van der Waals surface area contributed by atoms with Crippen LogP contribution < -0.4 is 5.73 Å². The van der Waals surface area contributed by atoms with Crippen LogP contribution in [0.1, 0.15) is 17.5 Å². The van der Waals surface area contributed by atoms with Crippen LogP contribution in [0, 0.1) is 0 Å². The molecule has 3 rings (SSSR count). The fraction of sp³-hybridized carbons (Fsp3) is 0.368. The predicted molar refractivity (Wildman–Crippen MR) is 98.4 cm³/mol. The lowest BCUT2D eigenvalue weighted by Gasteiger charge is -2.33. The van der Waals surface area contributed by atoms with Crippen molar-refractivity contribution in [2.45, 2.75) is 25.4 Å². The minimum Gasteiger partial charge on any atom is -0.384 e. The highest BCUT2D eigenvalue weighted by Gasteiger charge is 2.24. The van der Waals surface area contributed by atoms with E-state index in [-0.39, 0.29) is 12.0 Å². The van der Waals surface area contributed by atoms with E-state index in [0.717, 1.165) is 24.0 Å². The molecular weight excluding hydrogens is 338 g/mol. The number of benzene rings is 1. The molecular formula is C19H22ClN3O2. The molecule has 1 amide bonds. The first-order valence-electron chi connectivity index (χ1n) is 8.44. The Morgan fingerprint density at radius 3 is 2.84 bits per heavy atom. The van der Waals surface area contributed by atoms with Crippen molar-refractivity contribution in [1.82, 2.24) is 9.88 Å². The third-order valence-electron chi connectivity index (χ3n) is 4.36. The van der Waals surface area contributed by atoms with Gasteiger partial charge in [-0.15, -0.1) is 0 Å². The molecule has 1 saturated heterocycles. The molecule has 132 valence electrons. The van der Waals surface area contributed by atoms with E-state index in [4.69, 9.17) is 22.1 Å². The third-order valence-corrected chi connectivity index (χ3v) is 4.61. The van der Waals surface area contributed by atoms with Crippen LogP contribution in [0.5, 0.6) is 0 Å². The van der Waals surface area contributed by atoms with Crippen molar-refractivity contribution >= 4 is 23.3 Å². The quantitative estimate of drug-likeness (QED) is 0.891. The molecule has 6 heteroatoms. The van der Waals surface area contributed by atoms with E-state index in [1.54, 1.807) is 6.20 Å². The number of pyridine rings is 1. The Bertz CT molecular complexity index is 721. The standard InChI is InChI=1S/C19H22ClN3O2/c20-16-4-1-14(2-5-16)12-19(24)23-9-10-25-17(13-23)6-3-15-7-8-22-18(21)11-15/h1-2,4-5,7-8,11,17H,3,6,9-10,12-13H2,(H2,21,22)/t17-/m0/s1. The van der Waals surface area contributed by atoms with Crippen LogP contribution in [0.4, 0.5) is 5.82 Å². The van der Waals surface area contributed by atoms with Gasteiger partial charge >= 0.3 is 0 Å². The zero-order chi connectivity index (χ0) is 17.6. The maximum absolute atomic E-state index is 12.5. The molecule has 2 heterocycles. The number of halogens is 1. The van der Waals surface area contributed by atoms with Gasteiger partial charge in [-0.05, 0) is 48.2 Å². The molecule has 5 nitrogen and oxygen atoms in total. The van der Waals surface area contributed by atoms with Crippen molar-refractivity contribution in [3.8, 4) is 0 Å². The van der Waals surface area contributed by atoms with Crippen LogP contribution in [-0.4, -0.2) is 41.6 Å². The molecule has 0 aliphatic carbocycles. The highest BCUT2D eigenvalue weighted by atomic mass is 35.5. The number of morpholine rings is 1. The Morgan fingerprint density at radius 1 is 1.28 bits per heavy atom.